The summed E-state index contributed by atoms with van der Waals surface area (Å²) in [5.41, 5.74) is 5.24. The van der Waals surface area contributed by atoms with Gasteiger partial charge in [-0.3, -0.25) is 19.2 Å². The Morgan fingerprint density at radius 3 is 2.60 bits per heavy atom. The number of fused-ring (bicyclic) bond motifs is 1. The summed E-state index contributed by atoms with van der Waals surface area (Å²) in [5, 5.41) is 14.1. The number of carboxylic acids is 1. The summed E-state index contributed by atoms with van der Waals surface area (Å²) in [6.07, 6.45) is -0.792. The molecule has 1 heterocycles. The summed E-state index contributed by atoms with van der Waals surface area (Å²) >= 11 is 0. The third-order valence-electron chi connectivity index (χ3n) is 4.50. The van der Waals surface area contributed by atoms with E-state index in [9.17, 15) is 29.1 Å². The van der Waals surface area contributed by atoms with Crippen molar-refractivity contribution < 1.29 is 33.8 Å². The van der Waals surface area contributed by atoms with Crippen molar-refractivity contribution in [3.8, 4) is 5.75 Å². The zero-order valence-corrected chi connectivity index (χ0v) is 16.4. The number of para-hydroxylation sites is 1. The highest BCUT2D eigenvalue weighted by Gasteiger charge is 2.29. The fourth-order valence-electron chi connectivity index (χ4n) is 2.87. The first-order chi connectivity index (χ1) is 14.2. The normalized spacial score (nSPS) is 20.8. The maximum absolute atomic E-state index is 12.7. The summed E-state index contributed by atoms with van der Waals surface area (Å²) in [5.74, 6) is -3.80. The molecule has 5 N–H and O–H groups in total. The van der Waals surface area contributed by atoms with E-state index in [0.717, 1.165) is 0 Å². The summed E-state index contributed by atoms with van der Waals surface area (Å²) in [7, 11) is 1.50. The molecule has 0 spiro atoms. The van der Waals surface area contributed by atoms with Gasteiger partial charge >= 0.3 is 5.97 Å². The van der Waals surface area contributed by atoms with Crippen LogP contribution in [0.15, 0.2) is 24.3 Å². The Bertz CT molecular complexity index is 842. The minimum Gasteiger partial charge on any atom is -0.491 e. The van der Waals surface area contributed by atoms with E-state index in [1.54, 1.807) is 18.2 Å². The van der Waals surface area contributed by atoms with Gasteiger partial charge in [0.15, 0.2) is 0 Å². The molecule has 0 aromatic heterocycles. The number of nitrogens with two attached hydrogens (primary N) is 1. The largest absolute Gasteiger partial charge is 0.491 e. The maximum Gasteiger partial charge on any atom is 0.326 e. The predicted molar refractivity (Wildman–Crippen MR) is 103 cm³/mol. The lowest BCUT2D eigenvalue weighted by molar-refractivity contribution is -0.141. The number of nitrogens with one attached hydrogen (secondary N) is 2. The first-order valence-electron chi connectivity index (χ1n) is 9.27. The number of hydrogen-bond donors (Lipinski definition) is 4. The quantitative estimate of drug-likeness (QED) is 0.477. The zero-order chi connectivity index (χ0) is 22.3. The summed E-state index contributed by atoms with van der Waals surface area (Å²) in [6, 6.07) is 3.64. The fraction of sp³-hybridized carbons (Fsp3) is 0.421. The Kier molecular flexibility index (Phi) is 7.73. The molecule has 0 bridgehead atoms. The number of rotatable bonds is 4. The van der Waals surface area contributed by atoms with E-state index in [4.69, 9.17) is 10.5 Å². The molecule has 0 fully saturated rings. The van der Waals surface area contributed by atoms with Crippen molar-refractivity contribution in [3.05, 3.63) is 29.8 Å². The molecule has 0 radical (unpaired) electrons. The van der Waals surface area contributed by atoms with E-state index >= 15 is 0 Å². The van der Waals surface area contributed by atoms with Crippen LogP contribution in [0.5, 0.6) is 5.75 Å². The fourth-order valence-corrected chi connectivity index (χ4v) is 2.87. The predicted octanol–water partition coefficient (Wildman–Crippen LogP) is -1.14. The number of aliphatic carboxylic acids is 1. The highest BCUT2D eigenvalue weighted by Crippen LogP contribution is 2.18. The van der Waals surface area contributed by atoms with Crippen LogP contribution < -0.4 is 21.1 Å². The van der Waals surface area contributed by atoms with Gasteiger partial charge in [0, 0.05) is 13.5 Å². The molecule has 0 aliphatic carbocycles. The zero-order valence-electron chi connectivity index (χ0n) is 16.4. The Morgan fingerprint density at radius 2 is 1.93 bits per heavy atom. The Labute approximate surface area is 172 Å². The molecule has 1 aromatic carbocycles. The molecule has 11 heteroatoms. The van der Waals surface area contributed by atoms with E-state index < -0.39 is 48.1 Å². The second-order valence-corrected chi connectivity index (χ2v) is 6.80. The number of likely N-dealkylation sites (N-methyl/N-ethyl adjacent to an activating group) is 1. The molecule has 1 aliphatic heterocycles. The van der Waals surface area contributed by atoms with Gasteiger partial charge in [-0.25, -0.2) is 4.79 Å². The standard InChI is InChI=1S/C19H24N4O7/c1-23-8-9-30-14-5-3-2-4-11(14)17(26)22-13(19(28)29)10-16(25)21-12(18(23)27)6-7-15(20)24/h2-5,12-13H,6-10H2,1H3,(H2,20,24)(H,21,25)(H,22,26)(H,28,29)/t12-,13-/m0/s1. The molecular weight excluding hydrogens is 396 g/mol. The molecule has 162 valence electrons. The van der Waals surface area contributed by atoms with Gasteiger partial charge in [-0.1, -0.05) is 12.1 Å². The highest BCUT2D eigenvalue weighted by atomic mass is 16.5. The van der Waals surface area contributed by atoms with E-state index in [1.807, 2.05) is 0 Å². The minimum absolute atomic E-state index is 0.0436. The highest BCUT2D eigenvalue weighted by molar-refractivity contribution is 6.00. The van der Waals surface area contributed by atoms with Crippen LogP contribution in [0.1, 0.15) is 29.6 Å². The van der Waals surface area contributed by atoms with Gasteiger partial charge in [-0.2, -0.15) is 0 Å². The lowest BCUT2D eigenvalue weighted by Gasteiger charge is -2.26. The van der Waals surface area contributed by atoms with Gasteiger partial charge in [0.05, 0.1) is 18.5 Å². The number of benzene rings is 1. The van der Waals surface area contributed by atoms with E-state index in [1.165, 1.54) is 18.0 Å². The summed E-state index contributed by atoms with van der Waals surface area (Å²) in [6.45, 7) is 0.195. The molecule has 2 atom stereocenters. The third kappa shape index (κ3) is 6.19. The van der Waals surface area contributed by atoms with Gasteiger partial charge in [-0.15, -0.1) is 0 Å². The molecule has 0 saturated heterocycles. The molecule has 1 aliphatic rings. The third-order valence-corrected chi connectivity index (χ3v) is 4.50. The van der Waals surface area contributed by atoms with Gasteiger partial charge in [0.25, 0.3) is 5.91 Å². The van der Waals surface area contributed by atoms with E-state index in [-0.39, 0.29) is 37.3 Å². The minimum atomic E-state index is -1.53. The van der Waals surface area contributed by atoms with E-state index in [2.05, 4.69) is 10.6 Å². The number of hydrogen-bond acceptors (Lipinski definition) is 6. The van der Waals surface area contributed by atoms with Crippen LogP contribution in [0.3, 0.4) is 0 Å². The van der Waals surface area contributed by atoms with Crippen molar-refractivity contribution in [2.24, 2.45) is 5.73 Å². The first-order valence-corrected chi connectivity index (χ1v) is 9.27. The molecule has 0 unspecified atom stereocenters. The monoisotopic (exact) mass is 420 g/mol. The van der Waals surface area contributed by atoms with Crippen molar-refractivity contribution in [3.63, 3.8) is 0 Å². The molecule has 30 heavy (non-hydrogen) atoms. The van der Waals surface area contributed by atoms with Crippen LogP contribution in [0, 0.1) is 0 Å². The number of ether oxygens (including phenoxy) is 1. The van der Waals surface area contributed by atoms with Gasteiger partial charge in [0.2, 0.25) is 17.7 Å². The molecule has 11 nitrogen and oxygen atoms in total. The Hall–Kier alpha value is -3.63. The van der Waals surface area contributed by atoms with Crippen molar-refractivity contribution >= 4 is 29.6 Å². The smallest absolute Gasteiger partial charge is 0.326 e. The molecule has 1 aromatic rings. The SMILES string of the molecule is CN1CCOc2ccccc2C(=O)N[C@H](C(=O)O)CC(=O)N[C@@H](CCC(N)=O)C1=O. The maximum atomic E-state index is 12.7. The molecule has 4 amide bonds. The van der Waals surface area contributed by atoms with Crippen molar-refractivity contribution in [2.75, 3.05) is 20.2 Å². The lowest BCUT2D eigenvalue weighted by Crippen LogP contribution is -2.51. The molecule has 0 saturated carbocycles. The first kappa shape index (κ1) is 22.7. The van der Waals surface area contributed by atoms with Crippen LogP contribution in [0.2, 0.25) is 0 Å². The van der Waals surface area contributed by atoms with Gasteiger partial charge in [-0.05, 0) is 18.6 Å². The van der Waals surface area contributed by atoms with Crippen LogP contribution in [0.25, 0.3) is 0 Å². The summed E-state index contributed by atoms with van der Waals surface area (Å²) in [4.78, 5) is 61.6. The van der Waals surface area contributed by atoms with Gasteiger partial charge in [0.1, 0.15) is 24.4 Å². The van der Waals surface area contributed by atoms with Crippen LogP contribution in [0.4, 0.5) is 0 Å². The number of nitrogens with zero attached hydrogens (tertiary/aromatic N) is 1. The van der Waals surface area contributed by atoms with Crippen LogP contribution >= 0.6 is 0 Å². The van der Waals surface area contributed by atoms with Crippen molar-refractivity contribution in [2.45, 2.75) is 31.3 Å². The number of carbonyl (C=O) groups is 5. The Balaban J connectivity index is 2.32. The summed E-state index contributed by atoms with van der Waals surface area (Å²) < 4.78 is 5.61. The second kappa shape index (κ2) is 10.2. The Morgan fingerprint density at radius 1 is 1.23 bits per heavy atom. The molecule has 2 rings (SSSR count). The molecular formula is C19H24N4O7. The number of amides is 4. The second-order valence-electron chi connectivity index (χ2n) is 6.80. The van der Waals surface area contributed by atoms with Crippen LogP contribution in [-0.4, -0.2) is 71.9 Å². The van der Waals surface area contributed by atoms with Crippen molar-refractivity contribution in [1.82, 2.24) is 15.5 Å². The van der Waals surface area contributed by atoms with E-state index in [0.29, 0.717) is 0 Å². The van der Waals surface area contributed by atoms with Crippen molar-refractivity contribution in [1.29, 1.82) is 0 Å². The number of carbonyl (C=O) groups excluding carboxylic acids is 4. The van der Waals surface area contributed by atoms with Gasteiger partial charge < -0.3 is 31.1 Å². The van der Waals surface area contributed by atoms with Crippen LogP contribution in [-0.2, 0) is 19.2 Å². The average molecular weight is 420 g/mol. The number of primary amides is 1. The topological polar surface area (TPSA) is 168 Å². The lowest BCUT2D eigenvalue weighted by atomic mass is 10.1. The number of carboxylic acid groups (broad SMARTS) is 1. The average Bonchev–Trinajstić information content (AvgIpc) is 2.69.